The highest BCUT2D eigenvalue weighted by atomic mass is 35.5. The molecule has 0 bridgehead atoms. The number of aromatic nitrogens is 3. The molecule has 0 N–H and O–H groups in total. The Bertz CT molecular complexity index is 774. The predicted molar refractivity (Wildman–Crippen MR) is 96.9 cm³/mol. The summed E-state index contributed by atoms with van der Waals surface area (Å²) in [7, 11) is 0. The van der Waals surface area contributed by atoms with E-state index < -0.39 is 0 Å². The fraction of sp³-hybridized carbons (Fsp3) is 0.625. The third-order valence-corrected chi connectivity index (χ3v) is 5.38. The molecule has 2 aromatic rings. The molecule has 0 saturated carbocycles. The quantitative estimate of drug-likeness (QED) is 0.809. The lowest BCUT2D eigenvalue weighted by molar-refractivity contribution is 0.269. The summed E-state index contributed by atoms with van der Waals surface area (Å²) in [5.74, 6) is 1.38. The second-order valence-corrected chi connectivity index (χ2v) is 8.26. The molecule has 0 atom stereocenters. The molecular formula is C16H21ClN6OS. The molecule has 3 heterocycles. The number of rotatable bonds is 3. The second-order valence-electron chi connectivity index (χ2n) is 7.15. The summed E-state index contributed by atoms with van der Waals surface area (Å²) < 4.78 is 9.47. The van der Waals surface area contributed by atoms with Crippen LogP contribution in [0.1, 0.15) is 44.5 Å². The number of hydrogen-bond donors (Lipinski definition) is 0. The van der Waals surface area contributed by atoms with Crippen molar-refractivity contribution < 1.29 is 4.52 Å². The molecule has 0 spiro atoms. The van der Waals surface area contributed by atoms with Crippen LogP contribution in [0, 0.1) is 11.3 Å². The molecule has 0 unspecified atom stereocenters. The Morgan fingerprint density at radius 2 is 2.08 bits per heavy atom. The first-order valence-corrected chi connectivity index (χ1v) is 9.39. The van der Waals surface area contributed by atoms with Crippen molar-refractivity contribution in [3.8, 4) is 6.07 Å². The van der Waals surface area contributed by atoms with Gasteiger partial charge in [-0.15, -0.1) is 0 Å². The zero-order chi connectivity index (χ0) is 18.0. The molecule has 1 saturated heterocycles. The van der Waals surface area contributed by atoms with Crippen LogP contribution >= 0.6 is 23.1 Å². The maximum Gasteiger partial charge on any atom is 0.232 e. The average molecular weight is 381 g/mol. The summed E-state index contributed by atoms with van der Waals surface area (Å²) in [6, 6.07) is 2.16. The summed E-state index contributed by atoms with van der Waals surface area (Å²) in [5.41, 5.74) is 0.341. The molecule has 25 heavy (non-hydrogen) atoms. The third kappa shape index (κ3) is 4.11. The van der Waals surface area contributed by atoms with Gasteiger partial charge in [-0.2, -0.15) is 14.6 Å². The normalized spacial score (nSPS) is 16.7. The SMILES string of the molecule is CC(C)(C)c1nc(CN2CCCN(c3snc(Cl)c3C#N)CC2)no1. The third-order valence-electron chi connectivity index (χ3n) is 4.09. The maximum atomic E-state index is 9.27. The van der Waals surface area contributed by atoms with E-state index in [0.717, 1.165) is 43.4 Å². The molecule has 0 aliphatic carbocycles. The summed E-state index contributed by atoms with van der Waals surface area (Å²) >= 11 is 7.28. The Hall–Kier alpha value is -1.69. The number of nitriles is 1. The maximum absolute atomic E-state index is 9.27. The molecule has 1 aliphatic heterocycles. The minimum absolute atomic E-state index is 0.139. The average Bonchev–Trinajstić information content (AvgIpc) is 3.09. The van der Waals surface area contributed by atoms with Gasteiger partial charge in [-0.3, -0.25) is 4.90 Å². The highest BCUT2D eigenvalue weighted by molar-refractivity contribution is 7.10. The van der Waals surface area contributed by atoms with Crippen LogP contribution in [0.25, 0.3) is 0 Å². The van der Waals surface area contributed by atoms with Crippen LogP contribution in [-0.2, 0) is 12.0 Å². The van der Waals surface area contributed by atoms with Crippen molar-refractivity contribution >= 4 is 28.1 Å². The van der Waals surface area contributed by atoms with Gasteiger partial charge < -0.3 is 9.42 Å². The smallest absolute Gasteiger partial charge is 0.232 e. The fourth-order valence-corrected chi connectivity index (χ4v) is 3.81. The molecule has 3 rings (SSSR count). The van der Waals surface area contributed by atoms with E-state index in [1.165, 1.54) is 11.5 Å². The van der Waals surface area contributed by atoms with Gasteiger partial charge in [-0.1, -0.05) is 37.5 Å². The van der Waals surface area contributed by atoms with Crippen LogP contribution in [0.5, 0.6) is 0 Å². The molecule has 2 aromatic heterocycles. The van der Waals surface area contributed by atoms with Gasteiger partial charge in [0, 0.05) is 31.6 Å². The summed E-state index contributed by atoms with van der Waals surface area (Å²) in [5, 5.41) is 14.5. The van der Waals surface area contributed by atoms with E-state index in [0.29, 0.717) is 23.2 Å². The van der Waals surface area contributed by atoms with E-state index in [4.69, 9.17) is 16.1 Å². The topological polar surface area (TPSA) is 82.1 Å². The van der Waals surface area contributed by atoms with Crippen LogP contribution in [0.4, 0.5) is 5.00 Å². The monoisotopic (exact) mass is 380 g/mol. The van der Waals surface area contributed by atoms with Crippen LogP contribution in [0.3, 0.4) is 0 Å². The molecule has 0 radical (unpaired) electrons. The van der Waals surface area contributed by atoms with Crippen molar-refractivity contribution in [1.29, 1.82) is 5.26 Å². The molecule has 7 nitrogen and oxygen atoms in total. The van der Waals surface area contributed by atoms with Gasteiger partial charge in [0.25, 0.3) is 0 Å². The summed E-state index contributed by atoms with van der Waals surface area (Å²) in [4.78, 5) is 9.02. The Morgan fingerprint density at radius 1 is 1.28 bits per heavy atom. The van der Waals surface area contributed by atoms with Crippen molar-refractivity contribution in [1.82, 2.24) is 19.4 Å². The van der Waals surface area contributed by atoms with Crippen LogP contribution in [0.2, 0.25) is 5.15 Å². The largest absolute Gasteiger partial charge is 0.360 e. The van der Waals surface area contributed by atoms with Gasteiger partial charge in [0.1, 0.15) is 16.6 Å². The van der Waals surface area contributed by atoms with Gasteiger partial charge >= 0.3 is 0 Å². The van der Waals surface area contributed by atoms with Crippen LogP contribution in [0.15, 0.2) is 4.52 Å². The standard InChI is InChI=1S/C16H21ClN6OS/c1-16(2,3)15-19-12(20-24-15)10-22-5-4-6-23(8-7-22)14-11(9-18)13(17)21-25-14/h4-8,10H2,1-3H3. The minimum Gasteiger partial charge on any atom is -0.360 e. The van der Waals surface area contributed by atoms with Crippen molar-refractivity contribution in [2.75, 3.05) is 31.1 Å². The first-order chi connectivity index (χ1) is 11.9. The lowest BCUT2D eigenvalue weighted by Crippen LogP contribution is -2.30. The fourth-order valence-electron chi connectivity index (χ4n) is 2.73. The number of anilines is 1. The van der Waals surface area contributed by atoms with Gasteiger partial charge in [0.15, 0.2) is 11.0 Å². The number of halogens is 1. The van der Waals surface area contributed by atoms with Crippen LogP contribution in [-0.4, -0.2) is 45.6 Å². The van der Waals surface area contributed by atoms with E-state index in [2.05, 4.69) is 51.2 Å². The van der Waals surface area contributed by atoms with Crippen molar-refractivity contribution in [3.05, 3.63) is 22.4 Å². The zero-order valence-corrected chi connectivity index (χ0v) is 16.2. The van der Waals surface area contributed by atoms with Crippen LogP contribution < -0.4 is 4.90 Å². The first kappa shape index (κ1) is 18.1. The lowest BCUT2D eigenvalue weighted by atomic mass is 9.97. The Morgan fingerprint density at radius 3 is 2.76 bits per heavy atom. The van der Waals surface area contributed by atoms with E-state index in [1.54, 1.807) is 0 Å². The van der Waals surface area contributed by atoms with Crippen molar-refractivity contribution in [2.24, 2.45) is 0 Å². The van der Waals surface area contributed by atoms with E-state index >= 15 is 0 Å². The molecule has 1 fully saturated rings. The van der Waals surface area contributed by atoms with Crippen molar-refractivity contribution in [2.45, 2.75) is 39.2 Å². The number of nitrogens with zero attached hydrogens (tertiary/aromatic N) is 6. The Balaban J connectivity index is 1.64. The van der Waals surface area contributed by atoms with E-state index in [1.807, 2.05) is 0 Å². The molecule has 0 amide bonds. The van der Waals surface area contributed by atoms with Gasteiger partial charge in [-0.25, -0.2) is 0 Å². The predicted octanol–water partition coefficient (Wildman–Crippen LogP) is 3.06. The second kappa shape index (κ2) is 7.28. The zero-order valence-electron chi connectivity index (χ0n) is 14.6. The Kier molecular flexibility index (Phi) is 5.27. The summed E-state index contributed by atoms with van der Waals surface area (Å²) in [6.45, 7) is 10.3. The van der Waals surface area contributed by atoms with Crippen molar-refractivity contribution in [3.63, 3.8) is 0 Å². The Labute approximate surface area is 156 Å². The van der Waals surface area contributed by atoms with E-state index in [9.17, 15) is 5.26 Å². The van der Waals surface area contributed by atoms with Gasteiger partial charge in [0.05, 0.1) is 6.54 Å². The molecule has 1 aliphatic rings. The minimum atomic E-state index is -0.139. The lowest BCUT2D eigenvalue weighted by Gasteiger charge is -2.21. The highest BCUT2D eigenvalue weighted by Gasteiger charge is 2.24. The van der Waals surface area contributed by atoms with E-state index in [-0.39, 0.29) is 5.41 Å². The van der Waals surface area contributed by atoms with Gasteiger partial charge in [0.2, 0.25) is 5.89 Å². The van der Waals surface area contributed by atoms with Gasteiger partial charge in [-0.05, 0) is 18.0 Å². The highest BCUT2D eigenvalue weighted by Crippen LogP contribution is 2.31. The number of hydrogen-bond acceptors (Lipinski definition) is 8. The summed E-state index contributed by atoms with van der Waals surface area (Å²) in [6.07, 6.45) is 0.990. The molecule has 0 aromatic carbocycles. The molecular weight excluding hydrogens is 360 g/mol. The molecule has 9 heteroatoms. The molecule has 134 valence electrons. The first-order valence-electron chi connectivity index (χ1n) is 8.24.